The third-order valence-electron chi connectivity index (χ3n) is 7.68. The molecule has 0 saturated carbocycles. The second kappa shape index (κ2) is 13.9. The molecule has 2 aliphatic rings. The fraction of sp³-hybridized carbons (Fsp3) is 0.235. The van der Waals surface area contributed by atoms with Crippen LogP contribution in [0, 0.1) is 0 Å². The van der Waals surface area contributed by atoms with Crippen LogP contribution in [-0.2, 0) is 22.5 Å². The van der Waals surface area contributed by atoms with E-state index >= 15 is 0 Å². The van der Waals surface area contributed by atoms with Crippen LogP contribution in [0.1, 0.15) is 34.8 Å². The Balaban J connectivity index is 1.41. The largest absolute Gasteiger partial charge is 0.494 e. The Labute approximate surface area is 273 Å². The van der Waals surface area contributed by atoms with E-state index in [2.05, 4.69) is 31.3 Å². The zero-order valence-corrected chi connectivity index (χ0v) is 26.2. The summed E-state index contributed by atoms with van der Waals surface area (Å²) in [6.07, 6.45) is -0.233. The number of halogens is 1. The molecule has 2 heterocycles. The van der Waals surface area contributed by atoms with Gasteiger partial charge < -0.3 is 29.4 Å². The Hall–Kier alpha value is -5.03. The number of nitrogens with one attached hydrogen (secondary N) is 1. The summed E-state index contributed by atoms with van der Waals surface area (Å²) >= 11 is 3.49. The second-order valence-electron chi connectivity index (χ2n) is 10.7. The Kier molecular flexibility index (Phi) is 9.39. The van der Waals surface area contributed by atoms with Gasteiger partial charge in [0.1, 0.15) is 5.75 Å². The van der Waals surface area contributed by atoms with Crippen molar-refractivity contribution in [2.24, 2.45) is 10.1 Å². The zero-order chi connectivity index (χ0) is 31.9. The number of nitrogens with zero attached hydrogens (tertiary/aromatic N) is 4. The number of aliphatic imine (C=N–C) groups is 1. The molecule has 4 aromatic rings. The van der Waals surface area contributed by atoms with Crippen molar-refractivity contribution in [3.63, 3.8) is 0 Å². The molecule has 0 fully saturated rings. The number of rotatable bonds is 12. The Morgan fingerprint density at radius 2 is 1.80 bits per heavy atom. The lowest BCUT2D eigenvalue weighted by Gasteiger charge is -2.31. The molecule has 234 valence electrons. The standard InChI is InChI=1S/C34H30BrN5O6/c35-25-11-6-22(7-12-25)19-34(33(42)37-20-23-8-15-29-30(18-23)45-21-44-29)31(27-4-1-2-5-28(27)39-40-36)46-32(38-34)24-9-13-26(14-10-24)43-17-3-16-41/h1-2,4-15,18,31,41H,3,16-17,19-21H2,(H,37,42)/t31-,34-/m1/s1. The van der Waals surface area contributed by atoms with E-state index < -0.39 is 11.6 Å². The van der Waals surface area contributed by atoms with Gasteiger partial charge in [0.2, 0.25) is 12.7 Å². The molecule has 0 unspecified atom stereocenters. The van der Waals surface area contributed by atoms with Crippen LogP contribution in [0.3, 0.4) is 0 Å². The van der Waals surface area contributed by atoms with Crippen LogP contribution in [0.5, 0.6) is 17.2 Å². The first-order chi connectivity index (χ1) is 22.5. The van der Waals surface area contributed by atoms with Crippen molar-refractivity contribution in [3.8, 4) is 17.2 Å². The molecule has 2 N–H and O–H groups in total. The smallest absolute Gasteiger partial charge is 0.252 e. The maximum Gasteiger partial charge on any atom is 0.252 e. The summed E-state index contributed by atoms with van der Waals surface area (Å²) in [5, 5.41) is 16.1. The molecule has 46 heavy (non-hydrogen) atoms. The van der Waals surface area contributed by atoms with Crippen molar-refractivity contribution in [1.82, 2.24) is 5.32 Å². The highest BCUT2D eigenvalue weighted by Gasteiger charge is 2.53. The van der Waals surface area contributed by atoms with Crippen molar-refractivity contribution >= 4 is 33.4 Å². The van der Waals surface area contributed by atoms with E-state index in [9.17, 15) is 10.3 Å². The lowest BCUT2D eigenvalue weighted by atomic mass is 9.81. The zero-order valence-electron chi connectivity index (χ0n) is 24.6. The first-order valence-corrected chi connectivity index (χ1v) is 15.4. The fourth-order valence-corrected chi connectivity index (χ4v) is 5.67. The van der Waals surface area contributed by atoms with Gasteiger partial charge in [-0.05, 0) is 65.2 Å². The Bertz CT molecular complexity index is 1790. The van der Waals surface area contributed by atoms with E-state index in [4.69, 9.17) is 29.0 Å². The van der Waals surface area contributed by atoms with Gasteiger partial charge in [-0.2, -0.15) is 0 Å². The minimum absolute atomic E-state index is 0.0403. The molecule has 0 aromatic heterocycles. The summed E-state index contributed by atoms with van der Waals surface area (Å²) in [6.45, 7) is 0.773. The van der Waals surface area contributed by atoms with E-state index in [1.165, 1.54) is 0 Å². The molecule has 0 saturated heterocycles. The molecular weight excluding hydrogens is 654 g/mol. The lowest BCUT2D eigenvalue weighted by molar-refractivity contribution is -0.129. The number of carbonyl (C=O) groups excluding carboxylic acids is 1. The molecule has 2 atom stereocenters. The lowest BCUT2D eigenvalue weighted by Crippen LogP contribution is -2.49. The monoisotopic (exact) mass is 683 g/mol. The Morgan fingerprint density at radius 1 is 1.04 bits per heavy atom. The van der Waals surface area contributed by atoms with E-state index in [0.29, 0.717) is 47.1 Å². The van der Waals surface area contributed by atoms with Crippen molar-refractivity contribution in [2.45, 2.75) is 31.0 Å². The van der Waals surface area contributed by atoms with E-state index in [1.807, 2.05) is 54.6 Å². The number of carbonyl (C=O) groups is 1. The van der Waals surface area contributed by atoms with Gasteiger partial charge in [0.15, 0.2) is 23.1 Å². The summed E-state index contributed by atoms with van der Waals surface area (Å²) < 4.78 is 24.1. The van der Waals surface area contributed by atoms with Crippen LogP contribution in [-0.4, -0.2) is 42.5 Å². The van der Waals surface area contributed by atoms with E-state index in [0.717, 1.165) is 15.6 Å². The molecule has 0 spiro atoms. The second-order valence-corrected chi connectivity index (χ2v) is 11.6. The van der Waals surface area contributed by atoms with Gasteiger partial charge >= 0.3 is 0 Å². The van der Waals surface area contributed by atoms with Crippen LogP contribution in [0.25, 0.3) is 10.4 Å². The summed E-state index contributed by atoms with van der Waals surface area (Å²) in [7, 11) is 0. The SMILES string of the molecule is [N-]=[N+]=Nc1ccccc1[C@H]1OC(c2ccc(OCCCO)cc2)=N[C@@]1(Cc1ccc(Br)cc1)C(=O)NCc1ccc2c(c1)OCO2. The predicted octanol–water partition coefficient (Wildman–Crippen LogP) is 6.70. The van der Waals surface area contributed by atoms with Crippen LogP contribution >= 0.6 is 15.9 Å². The minimum Gasteiger partial charge on any atom is -0.494 e. The first kappa shape index (κ1) is 31.0. The van der Waals surface area contributed by atoms with E-state index in [-0.39, 0.29) is 38.2 Å². The van der Waals surface area contributed by atoms with Gasteiger partial charge in [-0.1, -0.05) is 63.5 Å². The molecule has 2 aliphatic heterocycles. The molecular formula is C34H30BrN5O6. The molecule has 12 heteroatoms. The molecule has 4 aromatic carbocycles. The number of hydrogen-bond acceptors (Lipinski definition) is 8. The number of aliphatic hydroxyl groups is 1. The summed E-state index contributed by atoms with van der Waals surface area (Å²) in [6, 6.07) is 27.4. The average molecular weight is 685 g/mol. The Morgan fingerprint density at radius 3 is 2.59 bits per heavy atom. The highest BCUT2D eigenvalue weighted by Crippen LogP contribution is 2.45. The summed E-state index contributed by atoms with van der Waals surface area (Å²) in [5.74, 6) is 1.79. The van der Waals surface area contributed by atoms with Crippen LogP contribution < -0.4 is 19.5 Å². The number of benzene rings is 4. The average Bonchev–Trinajstić information content (AvgIpc) is 3.71. The number of aliphatic hydroxyl groups excluding tert-OH is 1. The van der Waals surface area contributed by atoms with Crippen LogP contribution in [0.4, 0.5) is 5.69 Å². The highest BCUT2D eigenvalue weighted by atomic mass is 79.9. The number of amides is 1. The minimum atomic E-state index is -1.49. The quantitative estimate of drug-likeness (QED) is 0.0735. The van der Waals surface area contributed by atoms with Crippen molar-refractivity contribution < 1.29 is 28.8 Å². The molecule has 0 bridgehead atoms. The number of azide groups is 1. The third-order valence-corrected chi connectivity index (χ3v) is 8.21. The maximum absolute atomic E-state index is 14.6. The van der Waals surface area contributed by atoms with Crippen LogP contribution in [0.2, 0.25) is 0 Å². The topological polar surface area (TPSA) is 147 Å². The summed E-state index contributed by atoms with van der Waals surface area (Å²) in [4.78, 5) is 22.6. The van der Waals surface area contributed by atoms with Gasteiger partial charge in [-0.3, -0.25) is 4.79 Å². The summed E-state index contributed by atoms with van der Waals surface area (Å²) in [5.41, 5.74) is 11.0. The third kappa shape index (κ3) is 6.64. The van der Waals surface area contributed by atoms with Crippen molar-refractivity contribution in [3.05, 3.63) is 128 Å². The molecule has 1 amide bonds. The van der Waals surface area contributed by atoms with Gasteiger partial charge in [-0.25, -0.2) is 4.99 Å². The fourth-order valence-electron chi connectivity index (χ4n) is 5.41. The molecule has 11 nitrogen and oxygen atoms in total. The number of fused-ring (bicyclic) bond motifs is 1. The van der Waals surface area contributed by atoms with Gasteiger partial charge in [0, 0.05) is 52.2 Å². The van der Waals surface area contributed by atoms with Gasteiger partial charge in [0.25, 0.3) is 5.91 Å². The van der Waals surface area contributed by atoms with Crippen molar-refractivity contribution in [1.29, 1.82) is 0 Å². The molecule has 0 aliphatic carbocycles. The predicted molar refractivity (Wildman–Crippen MR) is 174 cm³/mol. The van der Waals surface area contributed by atoms with Crippen molar-refractivity contribution in [2.75, 3.05) is 20.0 Å². The number of hydrogen-bond donors (Lipinski definition) is 2. The molecule has 0 radical (unpaired) electrons. The first-order valence-electron chi connectivity index (χ1n) is 14.6. The van der Waals surface area contributed by atoms with Gasteiger partial charge in [-0.15, -0.1) is 0 Å². The highest BCUT2D eigenvalue weighted by molar-refractivity contribution is 9.10. The number of ether oxygens (including phenoxy) is 4. The van der Waals surface area contributed by atoms with Crippen LogP contribution in [0.15, 0.2) is 106 Å². The maximum atomic E-state index is 14.6. The van der Waals surface area contributed by atoms with Gasteiger partial charge in [0.05, 0.1) is 6.61 Å². The molecule has 6 rings (SSSR count). The van der Waals surface area contributed by atoms with E-state index in [1.54, 1.807) is 36.4 Å². The normalized spacial score (nSPS) is 17.9.